The van der Waals surface area contributed by atoms with Crippen molar-refractivity contribution < 1.29 is 9.59 Å². The quantitative estimate of drug-likeness (QED) is 0.674. The van der Waals surface area contributed by atoms with Crippen molar-refractivity contribution in [3.05, 3.63) is 70.2 Å². The molecule has 0 spiro atoms. The van der Waals surface area contributed by atoms with Crippen LogP contribution in [0, 0.1) is 5.92 Å². The van der Waals surface area contributed by atoms with Gasteiger partial charge in [0.25, 0.3) is 5.91 Å². The highest BCUT2D eigenvalue weighted by molar-refractivity contribution is 9.10. The number of carbonyl (C=O) groups is 2. The van der Waals surface area contributed by atoms with E-state index >= 15 is 0 Å². The van der Waals surface area contributed by atoms with E-state index in [0.29, 0.717) is 18.0 Å². The summed E-state index contributed by atoms with van der Waals surface area (Å²) >= 11 is 3.51. The van der Waals surface area contributed by atoms with Gasteiger partial charge in [-0.25, -0.2) is 0 Å². The van der Waals surface area contributed by atoms with Crippen LogP contribution in [-0.2, 0) is 4.79 Å². The summed E-state index contributed by atoms with van der Waals surface area (Å²) in [6.45, 7) is 2.62. The molecule has 2 N–H and O–H groups in total. The van der Waals surface area contributed by atoms with Crippen molar-refractivity contribution in [2.24, 2.45) is 5.92 Å². The van der Waals surface area contributed by atoms with Crippen molar-refractivity contribution in [1.82, 2.24) is 10.6 Å². The van der Waals surface area contributed by atoms with Crippen LogP contribution in [0.15, 0.2) is 59.1 Å². The fourth-order valence-corrected chi connectivity index (χ4v) is 3.66. The fourth-order valence-electron chi connectivity index (χ4n) is 3.27. The van der Waals surface area contributed by atoms with Crippen molar-refractivity contribution >= 4 is 39.5 Å². The zero-order chi connectivity index (χ0) is 19.9. The molecule has 1 unspecified atom stereocenters. The zero-order valence-corrected chi connectivity index (χ0v) is 17.4. The van der Waals surface area contributed by atoms with E-state index in [-0.39, 0.29) is 11.8 Å². The molecule has 3 rings (SSSR count). The van der Waals surface area contributed by atoms with E-state index in [0.717, 1.165) is 29.5 Å². The molecule has 0 radical (unpaired) electrons. The number of halogens is 1. The van der Waals surface area contributed by atoms with Gasteiger partial charge in [-0.2, -0.15) is 0 Å². The van der Waals surface area contributed by atoms with Gasteiger partial charge in [0.15, 0.2) is 0 Å². The lowest BCUT2D eigenvalue weighted by atomic mass is 10.1. The van der Waals surface area contributed by atoms with Crippen molar-refractivity contribution in [1.29, 1.82) is 0 Å². The number of nitrogens with zero attached hydrogens (tertiary/aromatic N) is 1. The minimum atomic E-state index is -0.123. The normalized spacial score (nSPS) is 16.4. The summed E-state index contributed by atoms with van der Waals surface area (Å²) in [7, 11) is 1.60. The summed E-state index contributed by atoms with van der Waals surface area (Å²) in [5.41, 5.74) is 2.69. The lowest BCUT2D eigenvalue weighted by Crippen LogP contribution is -2.29. The Morgan fingerprint density at radius 2 is 2.00 bits per heavy atom. The molecule has 0 aliphatic carbocycles. The highest BCUT2D eigenvalue weighted by atomic mass is 79.9. The van der Waals surface area contributed by atoms with Gasteiger partial charge in [0.05, 0.1) is 0 Å². The molecular weight excluding hydrogens is 418 g/mol. The summed E-state index contributed by atoms with van der Waals surface area (Å²) in [4.78, 5) is 26.0. The number of benzene rings is 2. The molecule has 5 nitrogen and oxygen atoms in total. The predicted molar refractivity (Wildman–Crippen MR) is 116 cm³/mol. The number of carbonyl (C=O) groups excluding carboxylic acids is 2. The largest absolute Gasteiger partial charge is 0.371 e. The van der Waals surface area contributed by atoms with E-state index in [1.54, 1.807) is 25.3 Å². The summed E-state index contributed by atoms with van der Waals surface area (Å²) < 4.78 is 1.08. The van der Waals surface area contributed by atoms with E-state index in [9.17, 15) is 9.59 Å². The van der Waals surface area contributed by atoms with Crippen LogP contribution in [0.3, 0.4) is 0 Å². The second kappa shape index (κ2) is 9.55. The van der Waals surface area contributed by atoms with Crippen LogP contribution in [0.4, 0.5) is 5.69 Å². The second-order valence-electron chi connectivity index (χ2n) is 6.86. The van der Waals surface area contributed by atoms with Gasteiger partial charge < -0.3 is 15.5 Å². The van der Waals surface area contributed by atoms with Crippen molar-refractivity contribution in [2.75, 3.05) is 31.6 Å². The molecule has 2 aromatic rings. The topological polar surface area (TPSA) is 61.4 Å². The first-order chi connectivity index (χ1) is 13.5. The molecule has 1 aliphatic heterocycles. The number of hydrogen-bond donors (Lipinski definition) is 2. The number of nitrogens with one attached hydrogen (secondary N) is 2. The summed E-state index contributed by atoms with van der Waals surface area (Å²) in [5.74, 6) is 0.223. The Labute approximate surface area is 173 Å². The first-order valence-corrected chi connectivity index (χ1v) is 10.1. The molecule has 0 saturated carbocycles. The number of rotatable bonds is 6. The van der Waals surface area contributed by atoms with E-state index in [1.165, 1.54) is 11.8 Å². The van der Waals surface area contributed by atoms with E-state index in [4.69, 9.17) is 0 Å². The Morgan fingerprint density at radius 1 is 1.21 bits per heavy atom. The molecule has 2 amide bonds. The Bertz CT molecular complexity index is 864. The number of anilines is 1. The first kappa shape index (κ1) is 20.1. The number of amides is 2. The van der Waals surface area contributed by atoms with E-state index in [1.807, 2.05) is 24.3 Å². The fraction of sp³-hybridized carbons (Fsp3) is 0.273. The summed E-state index contributed by atoms with van der Waals surface area (Å²) in [6, 6.07) is 15.4. The molecule has 1 heterocycles. The lowest BCUT2D eigenvalue weighted by Gasteiger charge is -2.19. The highest BCUT2D eigenvalue weighted by Gasteiger charge is 2.22. The SMILES string of the molecule is CNC(=O)c1ccc(/C=C/C(=O)NCC2CCN(c3cccc(Br)c3)C2)cc1. The predicted octanol–water partition coefficient (Wildman–Crippen LogP) is 3.46. The Hall–Kier alpha value is -2.60. The van der Waals surface area contributed by atoms with E-state index in [2.05, 4.69) is 43.6 Å². The standard InChI is InChI=1S/C22H24BrN3O2/c1-24-22(28)18-8-5-16(6-9-18)7-10-21(27)25-14-17-11-12-26(15-17)20-4-2-3-19(23)13-20/h2-10,13,17H,11-12,14-15H2,1H3,(H,24,28)(H,25,27)/b10-7+. The molecule has 146 valence electrons. The van der Waals surface area contributed by atoms with Crippen LogP contribution < -0.4 is 15.5 Å². The zero-order valence-electron chi connectivity index (χ0n) is 15.8. The third kappa shape index (κ3) is 5.45. The third-order valence-electron chi connectivity index (χ3n) is 4.85. The molecule has 1 aliphatic rings. The third-order valence-corrected chi connectivity index (χ3v) is 5.34. The molecule has 0 aromatic heterocycles. The maximum atomic E-state index is 12.1. The highest BCUT2D eigenvalue weighted by Crippen LogP contribution is 2.25. The van der Waals surface area contributed by atoms with Crippen molar-refractivity contribution in [3.8, 4) is 0 Å². The average Bonchev–Trinajstić information content (AvgIpc) is 3.19. The van der Waals surface area contributed by atoms with Crippen LogP contribution in [0.5, 0.6) is 0 Å². The monoisotopic (exact) mass is 441 g/mol. The lowest BCUT2D eigenvalue weighted by molar-refractivity contribution is -0.116. The van der Waals surface area contributed by atoms with Crippen LogP contribution in [-0.4, -0.2) is 38.5 Å². The molecule has 0 bridgehead atoms. The number of hydrogen-bond acceptors (Lipinski definition) is 3. The van der Waals surface area contributed by atoms with Crippen LogP contribution in [0.25, 0.3) is 6.08 Å². The van der Waals surface area contributed by atoms with Crippen molar-refractivity contribution in [3.63, 3.8) is 0 Å². The van der Waals surface area contributed by atoms with Gasteiger partial charge in [0, 0.05) is 48.5 Å². The molecule has 28 heavy (non-hydrogen) atoms. The van der Waals surface area contributed by atoms with Gasteiger partial charge in [-0.05, 0) is 54.3 Å². The maximum Gasteiger partial charge on any atom is 0.251 e. The van der Waals surface area contributed by atoms with Gasteiger partial charge in [0.2, 0.25) is 5.91 Å². The Balaban J connectivity index is 1.45. The molecule has 1 fully saturated rings. The smallest absolute Gasteiger partial charge is 0.251 e. The van der Waals surface area contributed by atoms with Gasteiger partial charge in [0.1, 0.15) is 0 Å². The van der Waals surface area contributed by atoms with Crippen LogP contribution in [0.2, 0.25) is 0 Å². The second-order valence-corrected chi connectivity index (χ2v) is 7.78. The molecule has 1 saturated heterocycles. The molecule has 6 heteroatoms. The Morgan fingerprint density at radius 3 is 2.71 bits per heavy atom. The molecular formula is C22H24BrN3O2. The summed E-state index contributed by atoms with van der Waals surface area (Å²) in [5, 5.41) is 5.57. The molecule has 2 aromatic carbocycles. The van der Waals surface area contributed by atoms with Gasteiger partial charge in [-0.15, -0.1) is 0 Å². The summed E-state index contributed by atoms with van der Waals surface area (Å²) in [6.07, 6.45) is 4.36. The van der Waals surface area contributed by atoms with Crippen molar-refractivity contribution in [2.45, 2.75) is 6.42 Å². The van der Waals surface area contributed by atoms with Gasteiger partial charge in [-0.1, -0.05) is 34.1 Å². The van der Waals surface area contributed by atoms with Crippen LogP contribution >= 0.6 is 15.9 Å². The van der Waals surface area contributed by atoms with Gasteiger partial charge in [-0.3, -0.25) is 9.59 Å². The van der Waals surface area contributed by atoms with Gasteiger partial charge >= 0.3 is 0 Å². The minimum absolute atomic E-state index is 0.101. The molecule has 1 atom stereocenters. The van der Waals surface area contributed by atoms with E-state index < -0.39 is 0 Å². The Kier molecular flexibility index (Phi) is 6.87. The maximum absolute atomic E-state index is 12.1. The minimum Gasteiger partial charge on any atom is -0.371 e. The average molecular weight is 442 g/mol. The first-order valence-electron chi connectivity index (χ1n) is 9.34. The van der Waals surface area contributed by atoms with Crippen LogP contribution in [0.1, 0.15) is 22.3 Å².